The molecule has 5 heteroatoms. The van der Waals surface area contributed by atoms with Gasteiger partial charge in [0.1, 0.15) is 0 Å². The number of rotatable bonds is 6. The van der Waals surface area contributed by atoms with Crippen LogP contribution in [-0.4, -0.2) is 15.7 Å². The second-order valence-corrected chi connectivity index (χ2v) is 7.38. The Morgan fingerprint density at radius 1 is 0.839 bits per heavy atom. The molecule has 0 bridgehead atoms. The monoisotopic (exact) mass is 409 g/mol. The zero-order valence-electron chi connectivity index (χ0n) is 17.2. The van der Waals surface area contributed by atoms with E-state index in [-0.39, 0.29) is 17.4 Å². The highest BCUT2D eigenvalue weighted by atomic mass is 16.1. The van der Waals surface area contributed by atoms with Crippen molar-refractivity contribution < 1.29 is 4.79 Å². The van der Waals surface area contributed by atoms with E-state index in [9.17, 15) is 9.59 Å². The largest absolute Gasteiger partial charge is 0.326 e. The molecule has 4 rings (SSSR count). The van der Waals surface area contributed by atoms with Crippen molar-refractivity contribution in [3.8, 4) is 11.3 Å². The number of nitrogens with zero attached hydrogens (tertiary/aromatic N) is 2. The molecule has 3 aromatic carbocycles. The normalized spacial score (nSPS) is 10.8. The molecular formula is C26H23N3O2. The van der Waals surface area contributed by atoms with Gasteiger partial charge in [0, 0.05) is 36.7 Å². The van der Waals surface area contributed by atoms with Crippen LogP contribution in [0.2, 0.25) is 0 Å². The summed E-state index contributed by atoms with van der Waals surface area (Å²) in [5, 5.41) is 7.25. The molecule has 0 spiro atoms. The lowest BCUT2D eigenvalue weighted by atomic mass is 9.88. The first kappa shape index (κ1) is 20.3. The predicted octanol–water partition coefficient (Wildman–Crippen LogP) is 4.61. The van der Waals surface area contributed by atoms with E-state index in [4.69, 9.17) is 0 Å². The molecule has 0 aliphatic rings. The molecule has 0 atom stereocenters. The summed E-state index contributed by atoms with van der Waals surface area (Å²) in [7, 11) is 1.62. The number of hydrogen-bond donors (Lipinski definition) is 1. The summed E-state index contributed by atoms with van der Waals surface area (Å²) in [5.74, 6) is -0.0674. The Balaban J connectivity index is 1.49. The van der Waals surface area contributed by atoms with Crippen LogP contribution < -0.4 is 10.9 Å². The Bertz CT molecular complexity index is 1180. The van der Waals surface area contributed by atoms with Crippen LogP contribution in [-0.2, 0) is 11.8 Å². The number of anilines is 1. The van der Waals surface area contributed by atoms with Gasteiger partial charge in [-0.3, -0.25) is 9.59 Å². The maximum Gasteiger partial charge on any atom is 0.266 e. The van der Waals surface area contributed by atoms with Crippen molar-refractivity contribution >= 4 is 11.6 Å². The van der Waals surface area contributed by atoms with E-state index in [1.54, 1.807) is 13.1 Å². The third-order valence-electron chi connectivity index (χ3n) is 5.22. The van der Waals surface area contributed by atoms with E-state index >= 15 is 0 Å². The van der Waals surface area contributed by atoms with Gasteiger partial charge in [0.2, 0.25) is 5.91 Å². The third kappa shape index (κ3) is 4.95. The van der Waals surface area contributed by atoms with Crippen molar-refractivity contribution in [1.29, 1.82) is 0 Å². The highest BCUT2D eigenvalue weighted by molar-refractivity contribution is 5.91. The topological polar surface area (TPSA) is 64.0 Å². The van der Waals surface area contributed by atoms with Crippen LogP contribution in [0.25, 0.3) is 11.3 Å². The number of aryl methyl sites for hydroxylation is 1. The molecule has 154 valence electrons. The van der Waals surface area contributed by atoms with Gasteiger partial charge in [-0.1, -0.05) is 72.8 Å². The molecule has 5 nitrogen and oxygen atoms in total. The van der Waals surface area contributed by atoms with Gasteiger partial charge in [-0.25, -0.2) is 4.68 Å². The molecule has 0 saturated heterocycles. The summed E-state index contributed by atoms with van der Waals surface area (Å²) >= 11 is 0. The van der Waals surface area contributed by atoms with Gasteiger partial charge in [-0.05, 0) is 29.3 Å². The van der Waals surface area contributed by atoms with Gasteiger partial charge in [-0.15, -0.1) is 0 Å². The zero-order valence-corrected chi connectivity index (χ0v) is 17.2. The minimum absolute atomic E-state index is 0.0171. The second-order valence-electron chi connectivity index (χ2n) is 7.38. The zero-order chi connectivity index (χ0) is 21.6. The van der Waals surface area contributed by atoms with Crippen LogP contribution >= 0.6 is 0 Å². The number of benzene rings is 3. The second kappa shape index (κ2) is 9.22. The fraction of sp³-hybridized carbons (Fsp3) is 0.115. The highest BCUT2D eigenvalue weighted by Crippen LogP contribution is 2.28. The Morgan fingerprint density at radius 3 is 1.97 bits per heavy atom. The van der Waals surface area contributed by atoms with E-state index in [2.05, 4.69) is 34.7 Å². The van der Waals surface area contributed by atoms with E-state index in [1.807, 2.05) is 60.7 Å². The van der Waals surface area contributed by atoms with E-state index in [0.29, 0.717) is 12.1 Å². The van der Waals surface area contributed by atoms with Crippen LogP contribution in [0.4, 0.5) is 5.69 Å². The molecule has 0 aliphatic carbocycles. The Labute approximate surface area is 181 Å². The summed E-state index contributed by atoms with van der Waals surface area (Å²) < 4.78 is 1.30. The molecule has 0 fully saturated rings. The van der Waals surface area contributed by atoms with E-state index < -0.39 is 0 Å². The summed E-state index contributed by atoms with van der Waals surface area (Å²) in [6.07, 6.45) is 0.345. The molecule has 4 aromatic rings. The fourth-order valence-corrected chi connectivity index (χ4v) is 3.58. The SMILES string of the molecule is Cn1nc(-c2ccc(NC(=O)CC(c3ccccc3)c3ccccc3)cc2)ccc1=O. The average Bonchev–Trinajstić information content (AvgIpc) is 2.81. The molecule has 0 unspecified atom stereocenters. The van der Waals surface area contributed by atoms with Gasteiger partial charge in [0.25, 0.3) is 5.56 Å². The maximum absolute atomic E-state index is 12.8. The van der Waals surface area contributed by atoms with Crippen molar-refractivity contribution in [2.45, 2.75) is 12.3 Å². The van der Waals surface area contributed by atoms with Crippen LogP contribution in [0.3, 0.4) is 0 Å². The first-order valence-electron chi connectivity index (χ1n) is 10.1. The standard InChI is InChI=1S/C26H23N3O2/c1-29-26(31)17-16-24(28-29)21-12-14-22(15-13-21)27-25(30)18-23(19-8-4-2-5-9-19)20-10-6-3-7-11-20/h2-17,23H,18H2,1H3,(H,27,30). The lowest BCUT2D eigenvalue weighted by Gasteiger charge is -2.18. The molecule has 1 heterocycles. The van der Waals surface area contributed by atoms with Crippen LogP contribution in [0.5, 0.6) is 0 Å². The molecule has 31 heavy (non-hydrogen) atoms. The van der Waals surface area contributed by atoms with Crippen molar-refractivity contribution in [2.24, 2.45) is 7.05 Å². The van der Waals surface area contributed by atoms with Crippen LogP contribution in [0.1, 0.15) is 23.5 Å². The minimum Gasteiger partial charge on any atom is -0.326 e. The number of amides is 1. The van der Waals surface area contributed by atoms with Crippen molar-refractivity contribution in [2.75, 3.05) is 5.32 Å². The van der Waals surface area contributed by atoms with Crippen molar-refractivity contribution in [1.82, 2.24) is 9.78 Å². The summed E-state index contributed by atoms with van der Waals surface area (Å²) in [5.41, 5.74) is 4.37. The predicted molar refractivity (Wildman–Crippen MR) is 123 cm³/mol. The van der Waals surface area contributed by atoms with E-state index in [0.717, 1.165) is 22.4 Å². The van der Waals surface area contributed by atoms with Gasteiger partial charge in [0.15, 0.2) is 0 Å². The molecule has 0 aliphatic heterocycles. The first-order chi connectivity index (χ1) is 15.1. The Kier molecular flexibility index (Phi) is 6.03. The summed E-state index contributed by atoms with van der Waals surface area (Å²) in [6.45, 7) is 0. The minimum atomic E-state index is -0.154. The maximum atomic E-state index is 12.8. The highest BCUT2D eigenvalue weighted by Gasteiger charge is 2.18. The lowest BCUT2D eigenvalue weighted by Crippen LogP contribution is -2.18. The lowest BCUT2D eigenvalue weighted by molar-refractivity contribution is -0.116. The number of hydrogen-bond acceptors (Lipinski definition) is 3. The Hall–Kier alpha value is -3.99. The smallest absolute Gasteiger partial charge is 0.266 e. The number of aromatic nitrogens is 2. The Morgan fingerprint density at radius 2 is 1.42 bits per heavy atom. The molecule has 1 N–H and O–H groups in total. The first-order valence-corrected chi connectivity index (χ1v) is 10.1. The molecular weight excluding hydrogens is 386 g/mol. The van der Waals surface area contributed by atoms with Gasteiger partial charge in [0.05, 0.1) is 5.69 Å². The van der Waals surface area contributed by atoms with Crippen LogP contribution in [0, 0.1) is 0 Å². The molecule has 1 amide bonds. The molecule has 0 saturated carbocycles. The summed E-state index contributed by atoms with van der Waals surface area (Å²) in [4.78, 5) is 24.4. The van der Waals surface area contributed by atoms with E-state index in [1.165, 1.54) is 10.7 Å². The van der Waals surface area contributed by atoms with Gasteiger partial charge >= 0.3 is 0 Å². The van der Waals surface area contributed by atoms with Crippen molar-refractivity contribution in [3.05, 3.63) is 119 Å². The van der Waals surface area contributed by atoms with Crippen molar-refractivity contribution in [3.63, 3.8) is 0 Å². The van der Waals surface area contributed by atoms with Gasteiger partial charge in [-0.2, -0.15) is 5.10 Å². The third-order valence-corrected chi connectivity index (χ3v) is 5.22. The number of nitrogens with one attached hydrogen (secondary N) is 1. The fourth-order valence-electron chi connectivity index (χ4n) is 3.58. The quantitative estimate of drug-likeness (QED) is 0.506. The average molecular weight is 409 g/mol. The van der Waals surface area contributed by atoms with Gasteiger partial charge < -0.3 is 5.32 Å². The van der Waals surface area contributed by atoms with Crippen LogP contribution in [0.15, 0.2) is 102 Å². The number of carbonyl (C=O) groups is 1. The molecule has 1 aromatic heterocycles. The number of carbonyl (C=O) groups excluding carboxylic acids is 1. The summed E-state index contributed by atoms with van der Waals surface area (Å²) in [6, 6.07) is 30.8. The molecule has 0 radical (unpaired) electrons.